The summed E-state index contributed by atoms with van der Waals surface area (Å²) in [6.07, 6.45) is 2.20. The van der Waals surface area contributed by atoms with E-state index in [4.69, 9.17) is 22.1 Å². The summed E-state index contributed by atoms with van der Waals surface area (Å²) < 4.78 is 4.90. The summed E-state index contributed by atoms with van der Waals surface area (Å²) in [7, 11) is 0. The maximum absolute atomic E-state index is 12.3. The number of hydrogen-bond donors (Lipinski definition) is 3. The van der Waals surface area contributed by atoms with Gasteiger partial charge in [-0.25, -0.2) is 4.79 Å². The van der Waals surface area contributed by atoms with Gasteiger partial charge in [-0.15, -0.1) is 0 Å². The van der Waals surface area contributed by atoms with E-state index in [2.05, 4.69) is 10.6 Å². The van der Waals surface area contributed by atoms with Gasteiger partial charge in [0.1, 0.15) is 6.04 Å². The second-order valence-corrected chi connectivity index (χ2v) is 6.59. The lowest BCUT2D eigenvalue weighted by Gasteiger charge is -2.17. The van der Waals surface area contributed by atoms with Crippen molar-refractivity contribution in [2.75, 3.05) is 25.2 Å². The number of amides is 3. The largest absolute Gasteiger partial charge is 0.454 e. The molecule has 0 aliphatic heterocycles. The van der Waals surface area contributed by atoms with Crippen molar-refractivity contribution in [2.45, 2.75) is 12.5 Å². The van der Waals surface area contributed by atoms with Crippen LogP contribution in [0.3, 0.4) is 0 Å². The molecule has 3 amide bonds. The van der Waals surface area contributed by atoms with Crippen molar-refractivity contribution < 1.29 is 23.9 Å². The first-order chi connectivity index (χ1) is 12.3. The number of nitrogens with two attached hydrogens (primary N) is 1. The third kappa shape index (κ3) is 8.21. The molecule has 1 atom stereocenters. The van der Waals surface area contributed by atoms with E-state index in [0.717, 1.165) is 0 Å². The van der Waals surface area contributed by atoms with Gasteiger partial charge in [-0.2, -0.15) is 11.8 Å². The van der Waals surface area contributed by atoms with Crippen LogP contribution in [0.15, 0.2) is 24.3 Å². The fraction of sp³-hybridized carbons (Fsp3) is 0.375. The van der Waals surface area contributed by atoms with Crippen molar-refractivity contribution in [3.05, 3.63) is 34.9 Å². The molecule has 4 N–H and O–H groups in total. The van der Waals surface area contributed by atoms with E-state index >= 15 is 0 Å². The van der Waals surface area contributed by atoms with E-state index in [9.17, 15) is 19.2 Å². The Hall–Kier alpha value is -2.26. The quantitative estimate of drug-likeness (QED) is 0.485. The van der Waals surface area contributed by atoms with Gasteiger partial charge in [0.15, 0.2) is 6.61 Å². The minimum atomic E-state index is -0.908. The molecule has 1 rings (SSSR count). The van der Waals surface area contributed by atoms with Crippen molar-refractivity contribution in [2.24, 2.45) is 5.73 Å². The average Bonchev–Trinajstić information content (AvgIpc) is 2.61. The van der Waals surface area contributed by atoms with Crippen LogP contribution < -0.4 is 16.4 Å². The Kier molecular flexibility index (Phi) is 9.53. The molecule has 0 heterocycles. The standard InChI is InChI=1S/C16H20ClN3O5S/c1-26-7-6-12(16(24)25-9-14(22)19-8-13(18)21)20-15(23)10-2-4-11(17)5-3-10/h2-5,12H,6-9H2,1H3,(H2,18,21)(H,19,22)(H,20,23)/t12-/m1/s1. The minimum Gasteiger partial charge on any atom is -0.454 e. The maximum Gasteiger partial charge on any atom is 0.329 e. The molecule has 0 spiro atoms. The molecule has 10 heteroatoms. The Balaban J connectivity index is 2.62. The lowest BCUT2D eigenvalue weighted by atomic mass is 10.1. The fourth-order valence-electron chi connectivity index (χ4n) is 1.80. The zero-order chi connectivity index (χ0) is 19.5. The summed E-state index contributed by atoms with van der Waals surface area (Å²) in [5.74, 6) is -1.96. The van der Waals surface area contributed by atoms with Crippen LogP contribution in [-0.4, -0.2) is 54.9 Å². The van der Waals surface area contributed by atoms with Crippen LogP contribution in [0.25, 0.3) is 0 Å². The molecule has 0 unspecified atom stereocenters. The highest BCUT2D eigenvalue weighted by molar-refractivity contribution is 7.98. The van der Waals surface area contributed by atoms with E-state index in [-0.39, 0.29) is 6.54 Å². The minimum absolute atomic E-state index is 0.336. The summed E-state index contributed by atoms with van der Waals surface area (Å²) >= 11 is 7.28. The van der Waals surface area contributed by atoms with Gasteiger partial charge in [0.05, 0.1) is 6.54 Å². The molecule has 142 valence electrons. The Morgan fingerprint density at radius 1 is 1.23 bits per heavy atom. The summed E-state index contributed by atoms with van der Waals surface area (Å²) in [4.78, 5) is 46.5. The number of ether oxygens (including phenoxy) is 1. The number of benzene rings is 1. The Morgan fingerprint density at radius 3 is 2.46 bits per heavy atom. The van der Waals surface area contributed by atoms with Gasteiger partial charge in [0.25, 0.3) is 11.8 Å². The molecule has 0 aliphatic rings. The van der Waals surface area contributed by atoms with Crippen LogP contribution in [0.5, 0.6) is 0 Å². The average molecular weight is 402 g/mol. The van der Waals surface area contributed by atoms with E-state index in [1.165, 1.54) is 23.9 Å². The van der Waals surface area contributed by atoms with Crippen LogP contribution in [0.4, 0.5) is 0 Å². The lowest BCUT2D eigenvalue weighted by molar-refractivity contribution is -0.150. The topological polar surface area (TPSA) is 128 Å². The number of hydrogen-bond acceptors (Lipinski definition) is 6. The van der Waals surface area contributed by atoms with Crippen molar-refractivity contribution in [3.63, 3.8) is 0 Å². The van der Waals surface area contributed by atoms with E-state index < -0.39 is 36.3 Å². The first-order valence-corrected chi connectivity index (χ1v) is 9.37. The maximum atomic E-state index is 12.3. The number of thioether (sulfide) groups is 1. The number of carbonyl (C=O) groups excluding carboxylic acids is 4. The molecule has 0 aliphatic carbocycles. The molecule has 1 aromatic rings. The Morgan fingerprint density at radius 2 is 1.88 bits per heavy atom. The molecular weight excluding hydrogens is 382 g/mol. The van der Waals surface area contributed by atoms with Gasteiger partial charge in [-0.3, -0.25) is 14.4 Å². The number of primary amides is 1. The zero-order valence-electron chi connectivity index (χ0n) is 14.1. The Labute approximate surface area is 160 Å². The van der Waals surface area contributed by atoms with Crippen LogP contribution in [0.1, 0.15) is 16.8 Å². The van der Waals surface area contributed by atoms with Crippen LogP contribution in [-0.2, 0) is 19.1 Å². The van der Waals surface area contributed by atoms with Gasteiger partial charge < -0.3 is 21.1 Å². The summed E-state index contributed by atoms with van der Waals surface area (Å²) in [6.45, 7) is -0.918. The predicted octanol–water partition coefficient (Wildman–Crippen LogP) is 0.336. The van der Waals surface area contributed by atoms with Crippen molar-refractivity contribution >= 4 is 47.1 Å². The van der Waals surface area contributed by atoms with Gasteiger partial charge in [-0.05, 0) is 42.7 Å². The highest BCUT2D eigenvalue weighted by Crippen LogP contribution is 2.10. The lowest BCUT2D eigenvalue weighted by Crippen LogP contribution is -2.43. The van der Waals surface area contributed by atoms with Crippen LogP contribution in [0.2, 0.25) is 5.02 Å². The molecule has 0 fully saturated rings. The first kappa shape index (κ1) is 21.8. The predicted molar refractivity (Wildman–Crippen MR) is 98.9 cm³/mol. The fourth-order valence-corrected chi connectivity index (χ4v) is 2.40. The molecule has 0 bridgehead atoms. The summed E-state index contributed by atoms with van der Waals surface area (Å²) in [5, 5.41) is 5.27. The summed E-state index contributed by atoms with van der Waals surface area (Å²) in [6, 6.07) is 5.29. The smallest absolute Gasteiger partial charge is 0.329 e. The second-order valence-electron chi connectivity index (χ2n) is 5.17. The normalized spacial score (nSPS) is 11.3. The number of carbonyl (C=O) groups is 4. The molecule has 1 aromatic carbocycles. The summed E-state index contributed by atoms with van der Waals surface area (Å²) in [5.41, 5.74) is 5.24. The molecule has 0 aromatic heterocycles. The number of nitrogens with one attached hydrogen (secondary N) is 2. The first-order valence-electron chi connectivity index (χ1n) is 7.60. The SMILES string of the molecule is CSCC[C@@H](NC(=O)c1ccc(Cl)cc1)C(=O)OCC(=O)NCC(N)=O. The van der Waals surface area contributed by atoms with E-state index in [1.807, 2.05) is 6.26 Å². The van der Waals surface area contributed by atoms with Gasteiger partial charge >= 0.3 is 5.97 Å². The highest BCUT2D eigenvalue weighted by atomic mass is 35.5. The zero-order valence-corrected chi connectivity index (χ0v) is 15.7. The van der Waals surface area contributed by atoms with Crippen molar-refractivity contribution in [1.29, 1.82) is 0 Å². The molecule has 0 radical (unpaired) electrons. The van der Waals surface area contributed by atoms with E-state index in [0.29, 0.717) is 22.8 Å². The van der Waals surface area contributed by atoms with Crippen LogP contribution in [0, 0.1) is 0 Å². The van der Waals surface area contributed by atoms with Gasteiger partial charge in [0.2, 0.25) is 5.91 Å². The molecule has 26 heavy (non-hydrogen) atoms. The molecular formula is C16H20ClN3O5S. The Bertz CT molecular complexity index is 654. The monoisotopic (exact) mass is 401 g/mol. The molecule has 8 nitrogen and oxygen atoms in total. The molecule has 0 saturated heterocycles. The number of halogens is 1. The van der Waals surface area contributed by atoms with Crippen molar-refractivity contribution in [3.8, 4) is 0 Å². The number of rotatable bonds is 10. The van der Waals surface area contributed by atoms with E-state index in [1.54, 1.807) is 12.1 Å². The van der Waals surface area contributed by atoms with Crippen molar-refractivity contribution in [1.82, 2.24) is 10.6 Å². The molecule has 0 saturated carbocycles. The van der Waals surface area contributed by atoms with Crippen LogP contribution >= 0.6 is 23.4 Å². The third-order valence-corrected chi connectivity index (χ3v) is 4.01. The van der Waals surface area contributed by atoms with Gasteiger partial charge in [0, 0.05) is 10.6 Å². The van der Waals surface area contributed by atoms with Gasteiger partial charge in [-0.1, -0.05) is 11.6 Å². The number of esters is 1. The third-order valence-electron chi connectivity index (χ3n) is 3.11. The second kappa shape index (κ2) is 11.4. The highest BCUT2D eigenvalue weighted by Gasteiger charge is 2.23.